The smallest absolute Gasteiger partial charge is 0.335 e. The molecule has 0 spiro atoms. The Labute approximate surface area is 247 Å². The van der Waals surface area contributed by atoms with E-state index in [-0.39, 0.29) is 15.5 Å². The summed E-state index contributed by atoms with van der Waals surface area (Å²) in [5, 5.41) is 10.0. The number of carboxylic acids is 1. The Hall–Kier alpha value is -4.53. The summed E-state index contributed by atoms with van der Waals surface area (Å²) in [7, 11) is -4.17. The first-order chi connectivity index (χ1) is 20.1. The van der Waals surface area contributed by atoms with Crippen molar-refractivity contribution in [2.75, 3.05) is 6.54 Å². The van der Waals surface area contributed by atoms with Crippen LogP contribution in [0.5, 0.6) is 0 Å². The molecule has 0 fully saturated rings. The molecule has 42 heavy (non-hydrogen) atoms. The third-order valence-corrected chi connectivity index (χ3v) is 9.43. The van der Waals surface area contributed by atoms with Crippen LogP contribution in [0, 0.1) is 12.7 Å². The largest absolute Gasteiger partial charge is 0.478 e. The second-order valence-corrected chi connectivity index (χ2v) is 12.4. The molecule has 4 aromatic carbocycles. The Morgan fingerprint density at radius 2 is 1.69 bits per heavy atom. The lowest BCUT2D eigenvalue weighted by Crippen LogP contribution is -2.14. The Morgan fingerprint density at radius 1 is 0.952 bits per heavy atom. The maximum absolute atomic E-state index is 14.8. The second kappa shape index (κ2) is 10.4. The van der Waals surface area contributed by atoms with Crippen molar-refractivity contribution in [3.05, 3.63) is 118 Å². The van der Waals surface area contributed by atoms with E-state index in [0.29, 0.717) is 45.4 Å². The normalized spacial score (nSPS) is 13.3. The summed E-state index contributed by atoms with van der Waals surface area (Å²) in [5.41, 5.74) is 5.66. The van der Waals surface area contributed by atoms with Gasteiger partial charge in [-0.25, -0.2) is 21.6 Å². The number of carbonyl (C=O) groups is 1. The maximum Gasteiger partial charge on any atom is 0.335 e. The molecule has 210 valence electrons. The van der Waals surface area contributed by atoms with Crippen molar-refractivity contribution >= 4 is 50.3 Å². The number of aliphatic imine (C=N–C) groups is 1. The van der Waals surface area contributed by atoms with Gasteiger partial charge in [0.15, 0.2) is 0 Å². The molecule has 0 saturated heterocycles. The number of aromatic nitrogens is 1. The Morgan fingerprint density at radius 3 is 2.36 bits per heavy atom. The van der Waals surface area contributed by atoms with E-state index in [0.717, 1.165) is 16.7 Å². The molecule has 5 aromatic rings. The molecular formula is C33H24ClFN2O4S. The standard InChI is InChI=1S/C33H24ClFN2O4S/c1-19-6-10-25(11-7-19)42(40,41)37-30-13-9-24(35)16-27(30)31(28-18-36-17-20(28)2)32(37)22-5-3-4-21(14-22)26-12-8-23(33(38)39)15-29(26)34/h3-16,18H,17H2,1-2H3,(H,38,39). The van der Waals surface area contributed by atoms with Crippen LogP contribution < -0.4 is 0 Å². The molecule has 6 nitrogen and oxygen atoms in total. The maximum atomic E-state index is 14.8. The van der Waals surface area contributed by atoms with E-state index >= 15 is 0 Å². The molecule has 0 saturated carbocycles. The van der Waals surface area contributed by atoms with Crippen LogP contribution in [0.3, 0.4) is 0 Å². The van der Waals surface area contributed by atoms with Crippen molar-refractivity contribution in [2.45, 2.75) is 18.7 Å². The number of halogens is 2. The highest BCUT2D eigenvalue weighted by atomic mass is 35.5. The van der Waals surface area contributed by atoms with Crippen LogP contribution in [0.2, 0.25) is 5.02 Å². The molecule has 1 aliphatic heterocycles. The second-order valence-electron chi connectivity index (χ2n) is 10.2. The predicted molar refractivity (Wildman–Crippen MR) is 164 cm³/mol. The lowest BCUT2D eigenvalue weighted by atomic mass is 9.94. The number of carboxylic acid groups (broad SMARTS) is 1. The molecule has 0 amide bonds. The highest BCUT2D eigenvalue weighted by Gasteiger charge is 2.30. The fraction of sp³-hybridized carbons (Fsp3) is 0.0909. The molecular weight excluding hydrogens is 575 g/mol. The first-order valence-corrected chi connectivity index (χ1v) is 14.9. The summed E-state index contributed by atoms with van der Waals surface area (Å²) in [6.45, 7) is 4.25. The SMILES string of the molecule is CC1=C(c2c(-c3cccc(-c4ccc(C(=O)O)cc4Cl)c3)n(S(=O)(=O)c3ccc(C)cc3)c3ccc(F)cc23)C=NC1. The van der Waals surface area contributed by atoms with E-state index < -0.39 is 21.8 Å². The monoisotopic (exact) mass is 598 g/mol. The van der Waals surface area contributed by atoms with Crippen LogP contribution in [0.25, 0.3) is 38.9 Å². The van der Waals surface area contributed by atoms with Gasteiger partial charge in [0.1, 0.15) is 5.82 Å². The molecule has 0 bridgehead atoms. The lowest BCUT2D eigenvalue weighted by molar-refractivity contribution is 0.0697. The average molecular weight is 599 g/mol. The van der Waals surface area contributed by atoms with Gasteiger partial charge in [-0.2, -0.15) is 0 Å². The third-order valence-electron chi connectivity index (χ3n) is 7.39. The number of hydrogen-bond acceptors (Lipinski definition) is 4. The number of aromatic carboxylic acids is 1. The summed E-state index contributed by atoms with van der Waals surface area (Å²) >= 11 is 6.51. The first-order valence-electron chi connectivity index (χ1n) is 13.1. The van der Waals surface area contributed by atoms with Gasteiger partial charge in [0.25, 0.3) is 10.0 Å². The van der Waals surface area contributed by atoms with Gasteiger partial charge in [-0.3, -0.25) is 4.99 Å². The van der Waals surface area contributed by atoms with Crippen molar-refractivity contribution < 1.29 is 22.7 Å². The fourth-order valence-electron chi connectivity index (χ4n) is 5.30. The highest BCUT2D eigenvalue weighted by Crippen LogP contribution is 2.43. The molecule has 1 aromatic heterocycles. The van der Waals surface area contributed by atoms with Gasteiger partial charge in [-0.05, 0) is 73.5 Å². The molecule has 9 heteroatoms. The van der Waals surface area contributed by atoms with Crippen molar-refractivity contribution in [2.24, 2.45) is 4.99 Å². The van der Waals surface area contributed by atoms with Gasteiger partial charge in [0.05, 0.1) is 28.2 Å². The van der Waals surface area contributed by atoms with Gasteiger partial charge >= 0.3 is 5.97 Å². The zero-order valence-electron chi connectivity index (χ0n) is 22.6. The summed E-state index contributed by atoms with van der Waals surface area (Å²) < 4.78 is 44.8. The predicted octanol–water partition coefficient (Wildman–Crippen LogP) is 7.87. The molecule has 0 atom stereocenters. The van der Waals surface area contributed by atoms with E-state index in [2.05, 4.69) is 4.99 Å². The number of allylic oxidation sites excluding steroid dienone is 1. The van der Waals surface area contributed by atoms with Crippen LogP contribution >= 0.6 is 11.6 Å². The molecule has 0 unspecified atom stereocenters. The fourth-order valence-corrected chi connectivity index (χ4v) is 7.13. The van der Waals surface area contributed by atoms with Crippen molar-refractivity contribution in [3.63, 3.8) is 0 Å². The minimum Gasteiger partial charge on any atom is -0.478 e. The molecule has 6 rings (SSSR count). The zero-order chi connectivity index (χ0) is 29.8. The van der Waals surface area contributed by atoms with Crippen LogP contribution in [0.1, 0.15) is 28.4 Å². The molecule has 0 aliphatic carbocycles. The molecule has 1 N–H and O–H groups in total. The first kappa shape index (κ1) is 27.6. The van der Waals surface area contributed by atoms with Crippen LogP contribution in [-0.2, 0) is 10.0 Å². The lowest BCUT2D eigenvalue weighted by Gasteiger charge is -2.15. The van der Waals surface area contributed by atoms with E-state index in [1.807, 2.05) is 19.9 Å². The molecule has 2 heterocycles. The highest BCUT2D eigenvalue weighted by molar-refractivity contribution is 7.90. The van der Waals surface area contributed by atoms with Gasteiger partial charge in [-0.1, -0.05) is 53.6 Å². The Bertz CT molecular complexity index is 2100. The Kier molecular flexibility index (Phi) is 6.83. The van der Waals surface area contributed by atoms with Crippen molar-refractivity contribution in [1.29, 1.82) is 0 Å². The van der Waals surface area contributed by atoms with E-state index in [4.69, 9.17) is 11.6 Å². The summed E-state index contributed by atoms with van der Waals surface area (Å²) in [5.74, 6) is -1.59. The van der Waals surface area contributed by atoms with Crippen LogP contribution in [0.15, 0.2) is 100 Å². The van der Waals surface area contributed by atoms with E-state index in [1.165, 1.54) is 34.3 Å². The number of rotatable bonds is 6. The number of nitrogens with zero attached hydrogens (tertiary/aromatic N) is 2. The van der Waals surface area contributed by atoms with E-state index in [1.54, 1.807) is 54.7 Å². The number of benzene rings is 4. The molecule has 1 aliphatic rings. The van der Waals surface area contributed by atoms with Gasteiger partial charge in [0, 0.05) is 38.9 Å². The van der Waals surface area contributed by atoms with Crippen LogP contribution in [-0.4, -0.2) is 36.2 Å². The number of aryl methyl sites for hydroxylation is 1. The quantitative estimate of drug-likeness (QED) is 0.215. The number of fused-ring (bicyclic) bond motifs is 1. The minimum atomic E-state index is -4.17. The molecule has 0 radical (unpaired) electrons. The minimum absolute atomic E-state index is 0.0523. The number of hydrogen-bond donors (Lipinski definition) is 1. The van der Waals surface area contributed by atoms with Crippen molar-refractivity contribution in [3.8, 4) is 22.4 Å². The third kappa shape index (κ3) is 4.62. The zero-order valence-corrected chi connectivity index (χ0v) is 24.2. The van der Waals surface area contributed by atoms with Gasteiger partial charge in [0.2, 0.25) is 0 Å². The van der Waals surface area contributed by atoms with Gasteiger partial charge < -0.3 is 5.11 Å². The van der Waals surface area contributed by atoms with Crippen LogP contribution in [0.4, 0.5) is 4.39 Å². The van der Waals surface area contributed by atoms with Gasteiger partial charge in [-0.15, -0.1) is 0 Å². The average Bonchev–Trinajstić information content (AvgIpc) is 3.53. The van der Waals surface area contributed by atoms with E-state index in [9.17, 15) is 22.7 Å². The van der Waals surface area contributed by atoms with Crippen molar-refractivity contribution in [1.82, 2.24) is 3.97 Å². The summed E-state index contributed by atoms with van der Waals surface area (Å²) in [4.78, 5) is 15.9. The Balaban J connectivity index is 1.70. The summed E-state index contributed by atoms with van der Waals surface area (Å²) in [6, 6.07) is 22.3. The summed E-state index contributed by atoms with van der Waals surface area (Å²) in [6.07, 6.45) is 1.70. The topological polar surface area (TPSA) is 88.7 Å².